The van der Waals surface area contributed by atoms with Crippen LogP contribution in [0.4, 0.5) is 11.4 Å². The molecule has 1 aliphatic heterocycles. The van der Waals surface area contributed by atoms with E-state index in [1.807, 2.05) is 20.8 Å². The zero-order chi connectivity index (χ0) is 19.8. The molecule has 0 atom stereocenters. The zero-order valence-electron chi connectivity index (χ0n) is 15.9. The summed E-state index contributed by atoms with van der Waals surface area (Å²) in [7, 11) is 1.59. The van der Waals surface area contributed by atoms with Gasteiger partial charge in [-0.1, -0.05) is 0 Å². The molecule has 0 spiro atoms. The van der Waals surface area contributed by atoms with Gasteiger partial charge in [-0.3, -0.25) is 14.4 Å². The van der Waals surface area contributed by atoms with Crippen molar-refractivity contribution in [3.05, 3.63) is 52.4 Å². The number of hydrogen-bond donors (Lipinski definition) is 1. The van der Waals surface area contributed by atoms with Gasteiger partial charge in [0, 0.05) is 31.5 Å². The molecule has 1 aromatic carbocycles. The number of anilines is 2. The molecule has 2 amide bonds. The van der Waals surface area contributed by atoms with E-state index in [2.05, 4.69) is 5.32 Å². The smallest absolute Gasteiger partial charge is 0.263 e. The predicted octanol–water partition coefficient (Wildman–Crippen LogP) is 2.41. The van der Waals surface area contributed by atoms with Gasteiger partial charge >= 0.3 is 0 Å². The fraction of sp³-hybridized carbons (Fsp3) is 0.350. The molecule has 7 heteroatoms. The molecule has 142 valence electrons. The summed E-state index contributed by atoms with van der Waals surface area (Å²) in [5, 5.41) is 2.73. The second kappa shape index (κ2) is 6.90. The molecular formula is C20H23N3O4. The van der Waals surface area contributed by atoms with Crippen LogP contribution in [0.1, 0.15) is 31.1 Å². The number of ether oxygens (including phenoxy) is 1. The molecule has 7 nitrogen and oxygen atoms in total. The fourth-order valence-corrected chi connectivity index (χ4v) is 3.01. The maximum atomic E-state index is 12.7. The number of carbonyl (C=O) groups excluding carboxylic acids is 2. The Morgan fingerprint density at radius 1 is 1.26 bits per heavy atom. The highest BCUT2D eigenvalue weighted by atomic mass is 16.5. The summed E-state index contributed by atoms with van der Waals surface area (Å²) in [6, 6.07) is 8.25. The van der Waals surface area contributed by atoms with E-state index in [-0.39, 0.29) is 23.6 Å². The van der Waals surface area contributed by atoms with Crippen molar-refractivity contribution >= 4 is 23.2 Å². The molecule has 0 unspecified atom stereocenters. The van der Waals surface area contributed by atoms with Crippen LogP contribution in [0, 0.1) is 5.41 Å². The van der Waals surface area contributed by atoms with Gasteiger partial charge in [-0.25, -0.2) is 0 Å². The Bertz CT molecular complexity index is 962. The first-order valence-corrected chi connectivity index (χ1v) is 8.80. The number of fused-ring (bicyclic) bond motifs is 1. The van der Waals surface area contributed by atoms with E-state index in [0.29, 0.717) is 23.7 Å². The van der Waals surface area contributed by atoms with Crippen LogP contribution in [-0.2, 0) is 11.8 Å². The number of carbonyl (C=O) groups is 2. The molecule has 1 N–H and O–H groups in total. The van der Waals surface area contributed by atoms with Crippen LogP contribution in [0.2, 0.25) is 0 Å². The lowest BCUT2D eigenvalue weighted by Gasteiger charge is -2.26. The number of nitrogens with zero attached hydrogens (tertiary/aromatic N) is 2. The molecule has 1 aromatic heterocycles. The molecule has 0 bridgehead atoms. The Kier molecular flexibility index (Phi) is 4.78. The first-order valence-electron chi connectivity index (χ1n) is 8.80. The molecule has 2 aromatic rings. The number of hydrogen-bond acceptors (Lipinski definition) is 4. The molecule has 0 aliphatic carbocycles. The Hall–Kier alpha value is -3.09. The van der Waals surface area contributed by atoms with Gasteiger partial charge in [0.15, 0.2) is 0 Å². The highest BCUT2D eigenvalue weighted by Gasteiger charge is 2.37. The quantitative estimate of drug-likeness (QED) is 0.901. The minimum absolute atomic E-state index is 0.00619. The van der Waals surface area contributed by atoms with Crippen LogP contribution >= 0.6 is 0 Å². The third kappa shape index (κ3) is 3.45. The summed E-state index contributed by atoms with van der Waals surface area (Å²) >= 11 is 0. The van der Waals surface area contributed by atoms with Crippen molar-refractivity contribution in [3.8, 4) is 5.75 Å². The topological polar surface area (TPSA) is 80.6 Å². The van der Waals surface area contributed by atoms with Crippen molar-refractivity contribution in [2.75, 3.05) is 23.4 Å². The summed E-state index contributed by atoms with van der Waals surface area (Å²) in [5.74, 6) is 0.0244. The summed E-state index contributed by atoms with van der Waals surface area (Å²) in [6.07, 6.45) is 1.59. The number of aromatic nitrogens is 1. The van der Waals surface area contributed by atoms with Crippen LogP contribution in [0.15, 0.2) is 41.3 Å². The lowest BCUT2D eigenvalue weighted by Crippen LogP contribution is -2.42. The third-order valence-corrected chi connectivity index (χ3v) is 4.61. The highest BCUT2D eigenvalue weighted by Crippen LogP contribution is 2.38. The maximum absolute atomic E-state index is 12.7. The van der Waals surface area contributed by atoms with E-state index in [4.69, 9.17) is 4.74 Å². The van der Waals surface area contributed by atoms with E-state index in [1.54, 1.807) is 42.4 Å². The minimum Gasteiger partial charge on any atom is -0.490 e. The number of aryl methyl sites for hydroxylation is 1. The summed E-state index contributed by atoms with van der Waals surface area (Å²) < 4.78 is 7.21. The Morgan fingerprint density at radius 2 is 2.00 bits per heavy atom. The Balaban J connectivity index is 1.92. The number of rotatable bonds is 3. The van der Waals surface area contributed by atoms with Gasteiger partial charge in [-0.2, -0.15) is 0 Å². The molecule has 1 aliphatic rings. The lowest BCUT2D eigenvalue weighted by molar-refractivity contribution is -0.127. The molecule has 0 saturated heterocycles. The van der Waals surface area contributed by atoms with Crippen molar-refractivity contribution in [3.63, 3.8) is 0 Å². The van der Waals surface area contributed by atoms with E-state index in [1.165, 1.54) is 10.6 Å². The van der Waals surface area contributed by atoms with Crippen LogP contribution in [0.5, 0.6) is 5.75 Å². The predicted molar refractivity (Wildman–Crippen MR) is 103 cm³/mol. The first kappa shape index (κ1) is 18.7. The van der Waals surface area contributed by atoms with Crippen LogP contribution < -0.4 is 20.5 Å². The SMILES string of the molecule is CCN1C(=O)C(C)(C)COc2cc(NC(=O)c3cccn(C)c3=O)ccc21. The second-order valence-electron chi connectivity index (χ2n) is 7.20. The number of amides is 2. The first-order chi connectivity index (χ1) is 12.7. The molecule has 27 heavy (non-hydrogen) atoms. The second-order valence-corrected chi connectivity index (χ2v) is 7.20. The third-order valence-electron chi connectivity index (χ3n) is 4.61. The molecular weight excluding hydrogens is 346 g/mol. The van der Waals surface area contributed by atoms with Crippen molar-refractivity contribution in [1.29, 1.82) is 0 Å². The standard InChI is InChI=1S/C20H23N3O4/c1-5-23-15-9-8-13(11-16(15)27-12-20(2,3)19(23)26)21-17(24)14-7-6-10-22(4)18(14)25/h6-11H,5,12H2,1-4H3,(H,21,24). The van der Waals surface area contributed by atoms with E-state index in [9.17, 15) is 14.4 Å². The fourth-order valence-electron chi connectivity index (χ4n) is 3.01. The zero-order valence-corrected chi connectivity index (χ0v) is 15.9. The van der Waals surface area contributed by atoms with E-state index < -0.39 is 11.3 Å². The summed E-state index contributed by atoms with van der Waals surface area (Å²) in [4.78, 5) is 39.0. The summed E-state index contributed by atoms with van der Waals surface area (Å²) in [6.45, 7) is 6.36. The monoisotopic (exact) mass is 369 g/mol. The van der Waals surface area contributed by atoms with Crippen molar-refractivity contribution in [2.24, 2.45) is 12.5 Å². The van der Waals surface area contributed by atoms with Crippen molar-refractivity contribution in [2.45, 2.75) is 20.8 Å². The van der Waals surface area contributed by atoms with Crippen LogP contribution in [0.3, 0.4) is 0 Å². The largest absolute Gasteiger partial charge is 0.490 e. The number of nitrogens with one attached hydrogen (secondary N) is 1. The number of pyridine rings is 1. The van der Waals surface area contributed by atoms with Crippen molar-refractivity contribution < 1.29 is 14.3 Å². The average molecular weight is 369 g/mol. The number of benzene rings is 1. The van der Waals surface area contributed by atoms with Crippen LogP contribution in [-0.4, -0.2) is 29.5 Å². The average Bonchev–Trinajstić information content (AvgIpc) is 2.72. The highest BCUT2D eigenvalue weighted by molar-refractivity contribution is 6.05. The van der Waals surface area contributed by atoms with Crippen LogP contribution in [0.25, 0.3) is 0 Å². The Labute approximate surface area is 157 Å². The van der Waals surface area contributed by atoms with E-state index in [0.717, 1.165) is 0 Å². The van der Waals surface area contributed by atoms with Gasteiger partial charge in [-0.15, -0.1) is 0 Å². The maximum Gasteiger partial charge on any atom is 0.263 e. The lowest BCUT2D eigenvalue weighted by atomic mass is 9.93. The molecule has 0 fully saturated rings. The van der Waals surface area contributed by atoms with Gasteiger partial charge in [0.25, 0.3) is 11.5 Å². The summed E-state index contributed by atoms with van der Waals surface area (Å²) in [5.41, 5.74) is 0.205. The molecule has 0 saturated carbocycles. The Morgan fingerprint density at radius 3 is 2.70 bits per heavy atom. The molecule has 3 rings (SSSR count). The van der Waals surface area contributed by atoms with E-state index >= 15 is 0 Å². The van der Waals surface area contributed by atoms with Gasteiger partial charge < -0.3 is 19.5 Å². The van der Waals surface area contributed by atoms with Gasteiger partial charge in [-0.05, 0) is 45.0 Å². The van der Waals surface area contributed by atoms with Gasteiger partial charge in [0.2, 0.25) is 5.91 Å². The van der Waals surface area contributed by atoms with Gasteiger partial charge in [0.05, 0.1) is 11.1 Å². The minimum atomic E-state index is -0.644. The molecule has 2 heterocycles. The molecule has 0 radical (unpaired) electrons. The van der Waals surface area contributed by atoms with Crippen molar-refractivity contribution in [1.82, 2.24) is 4.57 Å². The van der Waals surface area contributed by atoms with Gasteiger partial charge in [0.1, 0.15) is 17.9 Å². The normalized spacial score (nSPS) is 15.6.